The van der Waals surface area contributed by atoms with Crippen molar-refractivity contribution in [1.82, 2.24) is 14.8 Å². The predicted octanol–water partition coefficient (Wildman–Crippen LogP) is 4.57. The maximum absolute atomic E-state index is 12.6. The zero-order chi connectivity index (χ0) is 22.4. The van der Waals surface area contributed by atoms with Crippen LogP contribution in [0.3, 0.4) is 0 Å². The van der Waals surface area contributed by atoms with Gasteiger partial charge in [0.15, 0.2) is 0 Å². The smallest absolute Gasteiger partial charge is 0.273 e. The third-order valence-corrected chi connectivity index (χ3v) is 6.45. The van der Waals surface area contributed by atoms with Crippen LogP contribution in [0.15, 0.2) is 42.5 Å². The average molecular weight is 449 g/mol. The fourth-order valence-corrected chi connectivity index (χ4v) is 5.09. The molecule has 0 spiro atoms. The van der Waals surface area contributed by atoms with E-state index in [0.717, 1.165) is 21.5 Å². The van der Waals surface area contributed by atoms with Gasteiger partial charge in [-0.3, -0.25) is 14.9 Å². The minimum atomic E-state index is -0.465. The zero-order valence-corrected chi connectivity index (χ0v) is 18.2. The quantitative estimate of drug-likeness (QED) is 0.353. The van der Waals surface area contributed by atoms with Gasteiger partial charge in [-0.05, 0) is 32.0 Å². The summed E-state index contributed by atoms with van der Waals surface area (Å²) in [7, 11) is 0. The summed E-state index contributed by atoms with van der Waals surface area (Å²) in [6.45, 7) is 4.34. The van der Waals surface area contributed by atoms with Crippen LogP contribution in [0.5, 0.6) is 5.75 Å². The van der Waals surface area contributed by atoms with Crippen molar-refractivity contribution in [3.8, 4) is 10.9 Å². The molecule has 0 unspecified atom stereocenters. The van der Waals surface area contributed by atoms with Gasteiger partial charge in [0.25, 0.3) is 5.69 Å². The highest BCUT2D eigenvalue weighted by Crippen LogP contribution is 2.43. The minimum absolute atomic E-state index is 0.00580. The Bertz CT molecular complexity index is 1380. The molecule has 1 atom stereocenters. The van der Waals surface area contributed by atoms with Crippen molar-refractivity contribution in [3.05, 3.63) is 69.4 Å². The van der Waals surface area contributed by atoms with E-state index in [1.54, 1.807) is 22.9 Å². The lowest BCUT2D eigenvalue weighted by Crippen LogP contribution is -2.25. The Morgan fingerprint density at radius 1 is 1.31 bits per heavy atom. The Morgan fingerprint density at radius 3 is 2.91 bits per heavy atom. The number of fused-ring (bicyclic) bond motifs is 2. The highest BCUT2D eigenvalue weighted by atomic mass is 32.1. The molecule has 2 aromatic carbocycles. The number of carbonyl (C=O) groups excluding carboxylic acids is 1. The zero-order valence-electron chi connectivity index (χ0n) is 17.4. The van der Waals surface area contributed by atoms with Gasteiger partial charge in [-0.2, -0.15) is 9.78 Å². The largest absolute Gasteiger partial charge is 0.494 e. The number of benzene rings is 2. The van der Waals surface area contributed by atoms with E-state index in [4.69, 9.17) is 4.74 Å². The lowest BCUT2D eigenvalue weighted by Gasteiger charge is -2.23. The highest BCUT2D eigenvalue weighted by Gasteiger charge is 2.36. The number of aryl methyl sites for hydroxylation is 1. The molecular formula is C22H19N5O4S. The van der Waals surface area contributed by atoms with E-state index in [1.807, 2.05) is 32.0 Å². The number of nitro benzene ring substituents is 1. The Kier molecular flexibility index (Phi) is 4.86. The molecule has 1 aliphatic rings. The number of para-hydroxylation sites is 1. The van der Waals surface area contributed by atoms with Crippen molar-refractivity contribution in [3.63, 3.8) is 0 Å². The Hall–Kier alpha value is -3.79. The molecule has 4 aromatic rings. The van der Waals surface area contributed by atoms with Crippen molar-refractivity contribution in [2.75, 3.05) is 11.9 Å². The second kappa shape index (κ2) is 7.72. The van der Waals surface area contributed by atoms with E-state index < -0.39 is 10.8 Å². The van der Waals surface area contributed by atoms with Gasteiger partial charge in [-0.1, -0.05) is 29.5 Å². The van der Waals surface area contributed by atoms with Crippen LogP contribution >= 0.6 is 11.3 Å². The molecule has 0 aliphatic carbocycles. The van der Waals surface area contributed by atoms with Gasteiger partial charge < -0.3 is 10.1 Å². The van der Waals surface area contributed by atoms with E-state index >= 15 is 0 Å². The number of aromatic nitrogens is 3. The summed E-state index contributed by atoms with van der Waals surface area (Å²) in [5.74, 6) is 0.583. The van der Waals surface area contributed by atoms with E-state index in [-0.39, 0.29) is 18.0 Å². The lowest BCUT2D eigenvalue weighted by atomic mass is 9.85. The summed E-state index contributed by atoms with van der Waals surface area (Å²) in [5.41, 5.74) is 2.76. The van der Waals surface area contributed by atoms with Crippen LogP contribution < -0.4 is 10.1 Å². The third kappa shape index (κ3) is 3.28. The topological polar surface area (TPSA) is 112 Å². The standard InChI is InChI=1S/C22H19N5O4S/c1-3-31-13-8-9-16-18(10-13)32-22(23-16)26-21-20(12(2)25-26)15(11-19(28)24-21)14-6-4-5-7-17(14)27(29)30/h4-10,15H,3,11H2,1-2H3,(H,24,28)/t15-/m0/s1. The summed E-state index contributed by atoms with van der Waals surface area (Å²) in [6, 6.07) is 12.2. The molecule has 1 aliphatic heterocycles. The molecular weight excluding hydrogens is 430 g/mol. The van der Waals surface area contributed by atoms with E-state index in [9.17, 15) is 14.9 Å². The monoisotopic (exact) mass is 449 g/mol. The van der Waals surface area contributed by atoms with Crippen molar-refractivity contribution in [2.24, 2.45) is 0 Å². The second-order valence-electron chi connectivity index (χ2n) is 7.44. The first-order chi connectivity index (χ1) is 15.5. The average Bonchev–Trinajstić information content (AvgIpc) is 3.34. The van der Waals surface area contributed by atoms with Crippen LogP contribution in [0.1, 0.15) is 36.1 Å². The molecule has 5 rings (SSSR count). The first-order valence-corrected chi connectivity index (χ1v) is 10.9. The molecule has 0 fully saturated rings. The number of ether oxygens (including phenoxy) is 1. The van der Waals surface area contributed by atoms with Gasteiger partial charge in [-0.15, -0.1) is 0 Å². The summed E-state index contributed by atoms with van der Waals surface area (Å²) in [6.07, 6.45) is 0.113. The number of hydrogen-bond donors (Lipinski definition) is 1. The van der Waals surface area contributed by atoms with Crippen molar-refractivity contribution >= 4 is 39.0 Å². The molecule has 1 N–H and O–H groups in total. The van der Waals surface area contributed by atoms with Gasteiger partial charge in [0.05, 0.1) is 27.4 Å². The van der Waals surface area contributed by atoms with Crippen LogP contribution in [0.25, 0.3) is 15.3 Å². The molecule has 0 radical (unpaired) electrons. The van der Waals surface area contributed by atoms with Gasteiger partial charge >= 0.3 is 0 Å². The van der Waals surface area contributed by atoms with Gasteiger partial charge in [0, 0.05) is 29.5 Å². The molecule has 3 heterocycles. The van der Waals surface area contributed by atoms with Crippen LogP contribution in [0, 0.1) is 17.0 Å². The summed E-state index contributed by atoms with van der Waals surface area (Å²) < 4.78 is 8.13. The highest BCUT2D eigenvalue weighted by molar-refractivity contribution is 7.20. The van der Waals surface area contributed by atoms with Crippen molar-refractivity contribution in [1.29, 1.82) is 0 Å². The Morgan fingerprint density at radius 2 is 2.12 bits per heavy atom. The number of thiazole rings is 1. The lowest BCUT2D eigenvalue weighted by molar-refractivity contribution is -0.385. The van der Waals surface area contributed by atoms with Crippen LogP contribution in [0.4, 0.5) is 11.5 Å². The van der Waals surface area contributed by atoms with Crippen molar-refractivity contribution < 1.29 is 14.5 Å². The summed E-state index contributed by atoms with van der Waals surface area (Å²) >= 11 is 1.43. The number of carbonyl (C=O) groups is 1. The fourth-order valence-electron chi connectivity index (χ4n) is 4.14. The first kappa shape index (κ1) is 20.1. The maximum Gasteiger partial charge on any atom is 0.273 e. The first-order valence-electron chi connectivity index (χ1n) is 10.1. The molecule has 10 heteroatoms. The number of anilines is 1. The second-order valence-corrected chi connectivity index (χ2v) is 8.45. The van der Waals surface area contributed by atoms with E-state index in [2.05, 4.69) is 15.4 Å². The molecule has 1 amide bonds. The van der Waals surface area contributed by atoms with Gasteiger partial charge in [0.2, 0.25) is 11.0 Å². The molecule has 9 nitrogen and oxygen atoms in total. The molecule has 162 valence electrons. The predicted molar refractivity (Wildman–Crippen MR) is 121 cm³/mol. The normalized spacial score (nSPS) is 15.4. The Balaban J connectivity index is 1.64. The van der Waals surface area contributed by atoms with Crippen LogP contribution in [-0.4, -0.2) is 32.2 Å². The number of hydrogen-bond acceptors (Lipinski definition) is 7. The fraction of sp³-hybridized carbons (Fsp3) is 0.227. The van der Waals surface area contributed by atoms with Crippen LogP contribution in [0.2, 0.25) is 0 Å². The van der Waals surface area contributed by atoms with E-state index in [0.29, 0.717) is 28.8 Å². The molecule has 0 bridgehead atoms. The number of nitrogens with zero attached hydrogens (tertiary/aromatic N) is 4. The van der Waals surface area contributed by atoms with E-state index in [1.165, 1.54) is 17.4 Å². The number of nitrogens with one attached hydrogen (secondary N) is 1. The Labute approximate surface area is 186 Å². The molecule has 0 saturated carbocycles. The number of amides is 1. The molecule has 32 heavy (non-hydrogen) atoms. The maximum atomic E-state index is 12.6. The van der Waals surface area contributed by atoms with Crippen molar-refractivity contribution in [2.45, 2.75) is 26.2 Å². The minimum Gasteiger partial charge on any atom is -0.494 e. The third-order valence-electron chi connectivity index (χ3n) is 5.45. The molecule has 0 saturated heterocycles. The number of nitro groups is 1. The van der Waals surface area contributed by atoms with Gasteiger partial charge in [-0.25, -0.2) is 4.98 Å². The molecule has 2 aromatic heterocycles. The summed E-state index contributed by atoms with van der Waals surface area (Å²) in [4.78, 5) is 28.5. The SMILES string of the molecule is CCOc1ccc2nc(-n3nc(C)c4c3NC(=O)C[C@H]4c3ccccc3[N+](=O)[O-])sc2c1. The van der Waals surface area contributed by atoms with Gasteiger partial charge in [0.1, 0.15) is 11.6 Å². The number of rotatable bonds is 5. The summed E-state index contributed by atoms with van der Waals surface area (Å²) in [5, 5.41) is 19.8. The van der Waals surface area contributed by atoms with Crippen LogP contribution in [-0.2, 0) is 4.79 Å².